The van der Waals surface area contributed by atoms with Crippen molar-refractivity contribution in [3.05, 3.63) is 17.0 Å². The van der Waals surface area contributed by atoms with Crippen LogP contribution in [0, 0.1) is 6.92 Å². The molecular weight excluding hydrogens is 218 g/mol. The van der Waals surface area contributed by atoms with Gasteiger partial charge in [0.15, 0.2) is 5.69 Å². The molecule has 0 saturated carbocycles. The highest BCUT2D eigenvalue weighted by Crippen LogP contribution is 2.12. The lowest BCUT2D eigenvalue weighted by Crippen LogP contribution is -2.28. The molecule has 0 spiro atoms. The highest BCUT2D eigenvalue weighted by Gasteiger charge is 2.16. The van der Waals surface area contributed by atoms with Gasteiger partial charge in [-0.1, -0.05) is 19.0 Å². The van der Waals surface area contributed by atoms with Crippen LogP contribution in [-0.2, 0) is 6.42 Å². The summed E-state index contributed by atoms with van der Waals surface area (Å²) in [7, 11) is 0. The second-order valence-electron chi connectivity index (χ2n) is 3.90. The number of aryl methyl sites for hydroxylation is 1. The van der Waals surface area contributed by atoms with Gasteiger partial charge in [0.1, 0.15) is 5.76 Å². The molecule has 0 aliphatic carbocycles. The van der Waals surface area contributed by atoms with Gasteiger partial charge in [-0.3, -0.25) is 4.79 Å². The summed E-state index contributed by atoms with van der Waals surface area (Å²) in [6, 6.07) is 0. The van der Waals surface area contributed by atoms with Crippen molar-refractivity contribution in [1.29, 1.82) is 0 Å². The maximum atomic E-state index is 11.8. The number of hydrogen-bond acceptors (Lipinski definition) is 4. The molecule has 0 unspecified atom stereocenters. The summed E-state index contributed by atoms with van der Waals surface area (Å²) in [5.41, 5.74) is 1.25. The number of carbonyl (C=O) groups is 1. The van der Waals surface area contributed by atoms with Crippen molar-refractivity contribution in [2.24, 2.45) is 0 Å². The topological polar surface area (TPSA) is 67.2 Å². The van der Waals surface area contributed by atoms with E-state index in [1.165, 1.54) is 0 Å². The van der Waals surface area contributed by atoms with Gasteiger partial charge in [-0.05, 0) is 26.4 Å². The Kier molecular flexibility index (Phi) is 5.69. The molecule has 5 nitrogen and oxygen atoms in total. The first-order valence-corrected chi connectivity index (χ1v) is 6.14. The van der Waals surface area contributed by atoms with E-state index in [2.05, 4.69) is 22.7 Å². The van der Waals surface area contributed by atoms with E-state index in [1.807, 2.05) is 13.8 Å². The van der Waals surface area contributed by atoms with Crippen molar-refractivity contribution in [3.63, 3.8) is 0 Å². The third-order valence-corrected chi connectivity index (χ3v) is 2.62. The van der Waals surface area contributed by atoms with E-state index in [1.54, 1.807) is 0 Å². The standard InChI is InChI=1S/C12H21N3O2/c1-4-10-9(3)11(15-17-10)12(16)14-8-6-7-13-5-2/h13H,4-8H2,1-3H3,(H,14,16). The lowest BCUT2D eigenvalue weighted by molar-refractivity contribution is 0.0943. The summed E-state index contributed by atoms with van der Waals surface area (Å²) >= 11 is 0. The second-order valence-corrected chi connectivity index (χ2v) is 3.90. The Balaban J connectivity index is 2.39. The van der Waals surface area contributed by atoms with Gasteiger partial charge in [0, 0.05) is 18.5 Å². The van der Waals surface area contributed by atoms with Gasteiger partial charge >= 0.3 is 0 Å². The van der Waals surface area contributed by atoms with Crippen LogP contribution < -0.4 is 10.6 Å². The van der Waals surface area contributed by atoms with E-state index in [0.717, 1.165) is 37.3 Å². The number of rotatable bonds is 7. The van der Waals surface area contributed by atoms with Crippen molar-refractivity contribution >= 4 is 5.91 Å². The summed E-state index contributed by atoms with van der Waals surface area (Å²) < 4.78 is 5.09. The lowest BCUT2D eigenvalue weighted by Gasteiger charge is -2.03. The Hall–Kier alpha value is -1.36. The molecule has 0 bridgehead atoms. The van der Waals surface area contributed by atoms with Gasteiger partial charge in [-0.15, -0.1) is 0 Å². The molecule has 2 N–H and O–H groups in total. The van der Waals surface area contributed by atoms with Crippen LogP contribution in [-0.4, -0.2) is 30.7 Å². The fourth-order valence-electron chi connectivity index (χ4n) is 1.59. The summed E-state index contributed by atoms with van der Waals surface area (Å²) in [4.78, 5) is 11.8. The molecule has 0 saturated heterocycles. The van der Waals surface area contributed by atoms with Gasteiger partial charge in [-0.25, -0.2) is 0 Å². The van der Waals surface area contributed by atoms with Crippen LogP contribution in [0.15, 0.2) is 4.52 Å². The van der Waals surface area contributed by atoms with Crippen molar-refractivity contribution < 1.29 is 9.32 Å². The molecule has 1 amide bonds. The van der Waals surface area contributed by atoms with Gasteiger partial charge in [0.2, 0.25) is 0 Å². The monoisotopic (exact) mass is 239 g/mol. The molecule has 17 heavy (non-hydrogen) atoms. The van der Waals surface area contributed by atoms with Crippen LogP contribution in [0.2, 0.25) is 0 Å². The van der Waals surface area contributed by atoms with Crippen LogP contribution in [0.1, 0.15) is 42.1 Å². The van der Waals surface area contributed by atoms with Crippen molar-refractivity contribution in [2.75, 3.05) is 19.6 Å². The maximum absolute atomic E-state index is 11.8. The zero-order valence-corrected chi connectivity index (χ0v) is 10.8. The molecule has 0 fully saturated rings. The van der Waals surface area contributed by atoms with Crippen LogP contribution in [0.5, 0.6) is 0 Å². The fourth-order valence-corrected chi connectivity index (χ4v) is 1.59. The molecule has 0 radical (unpaired) electrons. The van der Waals surface area contributed by atoms with E-state index in [4.69, 9.17) is 4.52 Å². The molecule has 1 aromatic heterocycles. The SMILES string of the molecule is CCNCCCNC(=O)c1noc(CC)c1C. The molecule has 0 aliphatic rings. The van der Waals surface area contributed by atoms with Crippen molar-refractivity contribution in [2.45, 2.75) is 33.6 Å². The molecule has 1 heterocycles. The predicted molar refractivity (Wildman–Crippen MR) is 66.1 cm³/mol. The summed E-state index contributed by atoms with van der Waals surface area (Å²) in [5, 5.41) is 9.83. The van der Waals surface area contributed by atoms with E-state index in [-0.39, 0.29) is 5.91 Å². The number of carbonyl (C=O) groups excluding carboxylic acids is 1. The smallest absolute Gasteiger partial charge is 0.273 e. The zero-order valence-electron chi connectivity index (χ0n) is 10.8. The normalized spacial score (nSPS) is 10.5. The predicted octanol–water partition coefficient (Wildman–Crippen LogP) is 1.27. The average Bonchev–Trinajstić information content (AvgIpc) is 2.70. The Bertz CT molecular complexity index is 361. The van der Waals surface area contributed by atoms with Gasteiger partial charge < -0.3 is 15.2 Å². The largest absolute Gasteiger partial charge is 0.360 e. The molecule has 1 rings (SSSR count). The number of amides is 1. The average molecular weight is 239 g/mol. The molecule has 96 valence electrons. The van der Waals surface area contributed by atoms with E-state index in [9.17, 15) is 4.79 Å². The Labute approximate surface area is 102 Å². The minimum atomic E-state index is -0.151. The third-order valence-electron chi connectivity index (χ3n) is 2.62. The number of hydrogen-bond donors (Lipinski definition) is 2. The van der Waals surface area contributed by atoms with Crippen molar-refractivity contribution in [3.8, 4) is 0 Å². The first-order chi connectivity index (χ1) is 8.20. The molecule has 5 heteroatoms. The van der Waals surface area contributed by atoms with Gasteiger partial charge in [0.25, 0.3) is 5.91 Å². The number of nitrogens with one attached hydrogen (secondary N) is 2. The van der Waals surface area contributed by atoms with Crippen molar-refractivity contribution in [1.82, 2.24) is 15.8 Å². The summed E-state index contributed by atoms with van der Waals surface area (Å²) in [6.45, 7) is 8.42. The minimum absolute atomic E-state index is 0.151. The number of nitrogens with zero attached hydrogens (tertiary/aromatic N) is 1. The molecule has 0 aliphatic heterocycles. The Morgan fingerprint density at radius 3 is 2.71 bits per heavy atom. The van der Waals surface area contributed by atoms with Gasteiger partial charge in [0.05, 0.1) is 0 Å². The molecule has 1 aromatic rings. The molecular formula is C12H21N3O2. The van der Waals surface area contributed by atoms with E-state index < -0.39 is 0 Å². The van der Waals surface area contributed by atoms with Crippen LogP contribution in [0.3, 0.4) is 0 Å². The highest BCUT2D eigenvalue weighted by atomic mass is 16.5. The zero-order chi connectivity index (χ0) is 12.7. The molecule has 0 atom stereocenters. The lowest BCUT2D eigenvalue weighted by atomic mass is 10.2. The Morgan fingerprint density at radius 1 is 1.35 bits per heavy atom. The first kappa shape index (κ1) is 13.7. The van der Waals surface area contributed by atoms with Crippen LogP contribution in [0.25, 0.3) is 0 Å². The second kappa shape index (κ2) is 7.06. The van der Waals surface area contributed by atoms with Gasteiger partial charge in [-0.2, -0.15) is 0 Å². The minimum Gasteiger partial charge on any atom is -0.360 e. The third kappa shape index (κ3) is 3.85. The summed E-state index contributed by atoms with van der Waals surface area (Å²) in [6.07, 6.45) is 1.67. The van der Waals surface area contributed by atoms with Crippen LogP contribution >= 0.6 is 0 Å². The number of aromatic nitrogens is 1. The fraction of sp³-hybridized carbons (Fsp3) is 0.667. The van der Waals surface area contributed by atoms with E-state index in [0.29, 0.717) is 12.2 Å². The quantitative estimate of drug-likeness (QED) is 0.703. The summed E-state index contributed by atoms with van der Waals surface area (Å²) in [5.74, 6) is 0.630. The van der Waals surface area contributed by atoms with Crippen LogP contribution in [0.4, 0.5) is 0 Å². The highest BCUT2D eigenvalue weighted by molar-refractivity contribution is 5.93. The Morgan fingerprint density at radius 2 is 2.12 bits per heavy atom. The van der Waals surface area contributed by atoms with E-state index >= 15 is 0 Å². The first-order valence-electron chi connectivity index (χ1n) is 6.14. The maximum Gasteiger partial charge on any atom is 0.273 e. The molecule has 0 aromatic carbocycles.